The first kappa shape index (κ1) is 15.8. The molecule has 114 valence electrons. The van der Waals surface area contributed by atoms with Gasteiger partial charge in [0.1, 0.15) is 0 Å². The Bertz CT molecular complexity index is 493. The minimum atomic E-state index is 0.762. The molecule has 0 unspecified atom stereocenters. The normalized spacial score (nSPS) is 10.9. The number of hydrogen-bond donors (Lipinski definition) is 1. The molecule has 0 saturated heterocycles. The molecule has 1 heterocycles. The van der Waals surface area contributed by atoms with Crippen LogP contribution in [0.5, 0.6) is 0 Å². The Balaban J connectivity index is 1.67. The predicted molar refractivity (Wildman–Crippen MR) is 87.4 cm³/mol. The molecule has 2 aromatic rings. The van der Waals surface area contributed by atoms with Crippen LogP contribution in [0.25, 0.3) is 0 Å². The van der Waals surface area contributed by atoms with Gasteiger partial charge in [-0.25, -0.2) is 0 Å². The van der Waals surface area contributed by atoms with Gasteiger partial charge in [0.25, 0.3) is 0 Å². The van der Waals surface area contributed by atoms with Gasteiger partial charge in [0.2, 0.25) is 0 Å². The van der Waals surface area contributed by atoms with Crippen LogP contribution < -0.4 is 5.32 Å². The number of aromatic nitrogens is 1. The smallest absolute Gasteiger partial charge is 0.0587 e. The molecule has 0 atom stereocenters. The summed E-state index contributed by atoms with van der Waals surface area (Å²) in [6.07, 6.45) is 5.80. The van der Waals surface area contributed by atoms with Crippen LogP contribution in [0.15, 0.2) is 48.7 Å². The van der Waals surface area contributed by atoms with Crippen LogP contribution in [-0.2, 0) is 24.2 Å². The molecule has 1 aromatic carbocycles. The number of unbranched alkanes of at least 4 members (excludes halogenated alkanes) is 1. The summed E-state index contributed by atoms with van der Waals surface area (Å²) < 4.78 is 7.40. The van der Waals surface area contributed by atoms with Gasteiger partial charge >= 0.3 is 0 Å². The molecule has 2 rings (SSSR count). The van der Waals surface area contributed by atoms with E-state index in [9.17, 15) is 0 Å². The molecule has 0 fully saturated rings. The van der Waals surface area contributed by atoms with Crippen molar-refractivity contribution in [2.75, 3.05) is 20.3 Å². The van der Waals surface area contributed by atoms with Crippen LogP contribution in [0.4, 0.5) is 0 Å². The Morgan fingerprint density at radius 3 is 2.71 bits per heavy atom. The third kappa shape index (κ3) is 5.74. The van der Waals surface area contributed by atoms with E-state index >= 15 is 0 Å². The summed E-state index contributed by atoms with van der Waals surface area (Å²) in [6.45, 7) is 3.67. The summed E-state index contributed by atoms with van der Waals surface area (Å²) in [6, 6.07) is 15.0. The molecule has 0 radical (unpaired) electrons. The molecule has 1 N–H and O–H groups in total. The molecule has 0 aliphatic heterocycles. The molecule has 21 heavy (non-hydrogen) atoms. The van der Waals surface area contributed by atoms with Crippen molar-refractivity contribution in [3.63, 3.8) is 0 Å². The van der Waals surface area contributed by atoms with Crippen molar-refractivity contribution < 1.29 is 4.74 Å². The second-order valence-corrected chi connectivity index (χ2v) is 5.31. The van der Waals surface area contributed by atoms with Crippen molar-refractivity contribution in [1.82, 2.24) is 9.88 Å². The summed E-state index contributed by atoms with van der Waals surface area (Å²) in [5.41, 5.74) is 2.79. The van der Waals surface area contributed by atoms with Crippen LogP contribution in [0, 0.1) is 0 Å². The topological polar surface area (TPSA) is 26.2 Å². The number of hydrogen-bond acceptors (Lipinski definition) is 2. The third-order valence-corrected chi connectivity index (χ3v) is 3.67. The van der Waals surface area contributed by atoms with E-state index in [1.807, 2.05) is 0 Å². The van der Waals surface area contributed by atoms with Crippen molar-refractivity contribution in [3.05, 3.63) is 59.9 Å². The van der Waals surface area contributed by atoms with Crippen LogP contribution in [0.3, 0.4) is 0 Å². The molecule has 0 aliphatic carbocycles. The fourth-order valence-electron chi connectivity index (χ4n) is 2.47. The lowest BCUT2D eigenvalue weighted by Gasteiger charge is -2.10. The molecule has 0 amide bonds. The average molecular weight is 286 g/mol. The largest absolute Gasteiger partial charge is 0.383 e. The van der Waals surface area contributed by atoms with Crippen molar-refractivity contribution >= 4 is 0 Å². The SMILES string of the molecule is COCCNCc1cccn1CCCCc1ccccc1. The number of nitrogens with zero attached hydrogens (tertiary/aromatic N) is 1. The van der Waals surface area contributed by atoms with Gasteiger partial charge in [-0.3, -0.25) is 0 Å². The summed E-state index contributed by atoms with van der Waals surface area (Å²) in [4.78, 5) is 0. The highest BCUT2D eigenvalue weighted by molar-refractivity contribution is 5.14. The summed E-state index contributed by atoms with van der Waals surface area (Å²) in [5.74, 6) is 0. The number of ether oxygens (including phenoxy) is 1. The number of benzene rings is 1. The Labute approximate surface area is 127 Å². The first-order chi connectivity index (χ1) is 10.4. The first-order valence-corrected chi connectivity index (χ1v) is 7.78. The average Bonchev–Trinajstić information content (AvgIpc) is 2.97. The van der Waals surface area contributed by atoms with Crippen molar-refractivity contribution in [3.8, 4) is 0 Å². The van der Waals surface area contributed by atoms with E-state index < -0.39 is 0 Å². The van der Waals surface area contributed by atoms with Crippen LogP contribution >= 0.6 is 0 Å². The standard InChI is InChI=1S/C18H26N2O/c1-21-15-12-19-16-18-11-7-14-20(18)13-6-5-10-17-8-3-2-4-9-17/h2-4,7-9,11,14,19H,5-6,10,12-13,15-16H2,1H3. The van der Waals surface area contributed by atoms with Crippen LogP contribution in [0.1, 0.15) is 24.1 Å². The molecule has 0 saturated carbocycles. The van der Waals surface area contributed by atoms with Crippen molar-refractivity contribution in [1.29, 1.82) is 0 Å². The van der Waals surface area contributed by atoms with E-state index in [-0.39, 0.29) is 0 Å². The Kier molecular flexibility index (Phi) is 7.05. The van der Waals surface area contributed by atoms with E-state index in [2.05, 4.69) is 58.5 Å². The fourth-order valence-corrected chi connectivity index (χ4v) is 2.47. The minimum Gasteiger partial charge on any atom is -0.383 e. The van der Waals surface area contributed by atoms with E-state index in [0.717, 1.165) is 26.2 Å². The van der Waals surface area contributed by atoms with Gasteiger partial charge in [-0.1, -0.05) is 30.3 Å². The maximum Gasteiger partial charge on any atom is 0.0587 e. The zero-order chi connectivity index (χ0) is 14.8. The quantitative estimate of drug-likeness (QED) is 0.679. The minimum absolute atomic E-state index is 0.762. The van der Waals surface area contributed by atoms with E-state index in [1.54, 1.807) is 7.11 Å². The molecular formula is C18H26N2O. The van der Waals surface area contributed by atoms with E-state index in [4.69, 9.17) is 4.74 Å². The van der Waals surface area contributed by atoms with Gasteiger partial charge in [0.05, 0.1) is 6.61 Å². The van der Waals surface area contributed by atoms with E-state index in [0.29, 0.717) is 0 Å². The lowest BCUT2D eigenvalue weighted by Crippen LogP contribution is -2.20. The van der Waals surface area contributed by atoms with Crippen LogP contribution in [-0.4, -0.2) is 24.8 Å². The maximum absolute atomic E-state index is 5.04. The van der Waals surface area contributed by atoms with E-state index in [1.165, 1.54) is 30.5 Å². The Hall–Kier alpha value is -1.58. The van der Waals surface area contributed by atoms with Gasteiger partial charge in [-0.2, -0.15) is 0 Å². The number of nitrogens with one attached hydrogen (secondary N) is 1. The predicted octanol–water partition coefficient (Wildman–Crippen LogP) is 3.25. The first-order valence-electron chi connectivity index (χ1n) is 7.78. The molecule has 0 aliphatic rings. The summed E-state index contributed by atoms with van der Waals surface area (Å²) in [5, 5.41) is 3.40. The third-order valence-electron chi connectivity index (χ3n) is 3.67. The fraction of sp³-hybridized carbons (Fsp3) is 0.444. The summed E-state index contributed by atoms with van der Waals surface area (Å²) in [7, 11) is 1.73. The van der Waals surface area contributed by atoms with Crippen LogP contribution in [0.2, 0.25) is 0 Å². The molecular weight excluding hydrogens is 260 g/mol. The monoisotopic (exact) mass is 286 g/mol. The Morgan fingerprint density at radius 1 is 1.05 bits per heavy atom. The highest BCUT2D eigenvalue weighted by Crippen LogP contribution is 2.08. The van der Waals surface area contributed by atoms with Gasteiger partial charge in [-0.15, -0.1) is 0 Å². The highest BCUT2D eigenvalue weighted by Gasteiger charge is 2.00. The molecule has 0 bridgehead atoms. The number of aryl methyl sites for hydroxylation is 2. The molecule has 0 spiro atoms. The maximum atomic E-state index is 5.04. The van der Waals surface area contributed by atoms with Crippen molar-refractivity contribution in [2.24, 2.45) is 0 Å². The molecule has 3 nitrogen and oxygen atoms in total. The zero-order valence-electron chi connectivity index (χ0n) is 12.9. The molecule has 3 heteroatoms. The lowest BCUT2D eigenvalue weighted by atomic mass is 10.1. The van der Waals surface area contributed by atoms with Gasteiger partial charge in [-0.05, 0) is 37.0 Å². The highest BCUT2D eigenvalue weighted by atomic mass is 16.5. The van der Waals surface area contributed by atoms with Crippen molar-refractivity contribution in [2.45, 2.75) is 32.4 Å². The summed E-state index contributed by atoms with van der Waals surface area (Å²) >= 11 is 0. The number of rotatable bonds is 10. The lowest BCUT2D eigenvalue weighted by molar-refractivity contribution is 0.199. The second-order valence-electron chi connectivity index (χ2n) is 5.31. The second kappa shape index (κ2) is 9.37. The Morgan fingerprint density at radius 2 is 1.90 bits per heavy atom. The van der Waals surface area contributed by atoms with Gasteiger partial charge < -0.3 is 14.6 Å². The van der Waals surface area contributed by atoms with Gasteiger partial charge in [0.15, 0.2) is 0 Å². The molecule has 1 aromatic heterocycles. The number of methoxy groups -OCH3 is 1. The van der Waals surface area contributed by atoms with Gasteiger partial charge in [0, 0.05) is 38.6 Å². The zero-order valence-corrected chi connectivity index (χ0v) is 12.9.